The van der Waals surface area contributed by atoms with Crippen molar-refractivity contribution in [2.75, 3.05) is 0 Å². The van der Waals surface area contributed by atoms with Gasteiger partial charge >= 0.3 is 0 Å². The van der Waals surface area contributed by atoms with E-state index in [0.29, 0.717) is 45.3 Å². The molecule has 3 rings (SSSR count). The van der Waals surface area contributed by atoms with Crippen LogP contribution in [-0.2, 0) is 6.42 Å². The van der Waals surface area contributed by atoms with E-state index in [1.54, 1.807) is 18.2 Å². The first-order chi connectivity index (χ1) is 9.06. The molecule has 1 aliphatic rings. The maximum atomic E-state index is 12.0. The third kappa shape index (κ3) is 2.09. The molecule has 1 aromatic carbocycles. The van der Waals surface area contributed by atoms with Crippen LogP contribution in [0.15, 0.2) is 29.1 Å². The summed E-state index contributed by atoms with van der Waals surface area (Å²) in [5, 5.41) is 0.982. The summed E-state index contributed by atoms with van der Waals surface area (Å²) in [5.74, 6) is 0.0253. The Morgan fingerprint density at radius 3 is 2.58 bits per heavy atom. The average Bonchev–Trinajstić information content (AvgIpc) is 2.73. The molecule has 1 N–H and O–H groups in total. The number of hydrogen-bond acceptors (Lipinski definition) is 2. The van der Waals surface area contributed by atoms with Crippen LogP contribution in [0.5, 0.6) is 0 Å². The number of halogens is 2. The third-order valence-corrected chi connectivity index (χ3v) is 3.78. The minimum Gasteiger partial charge on any atom is -0.325 e. The summed E-state index contributed by atoms with van der Waals surface area (Å²) in [6.07, 6.45) is 0.982. The molecule has 3 nitrogen and oxygen atoms in total. The first kappa shape index (κ1) is 12.5. The minimum atomic E-state index is -0.237. The zero-order valence-corrected chi connectivity index (χ0v) is 11.3. The topological polar surface area (TPSA) is 49.9 Å². The highest BCUT2D eigenvalue weighted by Gasteiger charge is 2.25. The van der Waals surface area contributed by atoms with Crippen molar-refractivity contribution in [2.24, 2.45) is 0 Å². The van der Waals surface area contributed by atoms with Gasteiger partial charge in [0.1, 0.15) is 0 Å². The fourth-order valence-corrected chi connectivity index (χ4v) is 2.79. The Hall–Kier alpha value is -1.58. The van der Waals surface area contributed by atoms with E-state index in [0.717, 1.165) is 0 Å². The molecule has 5 heteroatoms. The second-order valence-electron chi connectivity index (χ2n) is 4.45. The van der Waals surface area contributed by atoms with Crippen molar-refractivity contribution in [3.63, 3.8) is 0 Å². The fraction of sp³-hybridized carbons (Fsp3) is 0.143. The largest absolute Gasteiger partial charge is 0.325 e. The summed E-state index contributed by atoms with van der Waals surface area (Å²) in [5.41, 5.74) is 2.19. The molecule has 19 heavy (non-hydrogen) atoms. The van der Waals surface area contributed by atoms with Crippen LogP contribution < -0.4 is 5.56 Å². The predicted octanol–water partition coefficient (Wildman–Crippen LogP) is 3.48. The van der Waals surface area contributed by atoms with Crippen LogP contribution in [-0.4, -0.2) is 10.8 Å². The molecule has 0 amide bonds. The molecule has 0 fully saturated rings. The van der Waals surface area contributed by atoms with E-state index in [2.05, 4.69) is 4.98 Å². The molecule has 0 saturated heterocycles. The highest BCUT2D eigenvalue weighted by molar-refractivity contribution is 6.35. The number of rotatable bonds is 1. The molecule has 0 unspecified atom stereocenters. The second kappa shape index (κ2) is 4.51. The lowest BCUT2D eigenvalue weighted by Gasteiger charge is -2.09. The number of nitrogens with one attached hydrogen (secondary N) is 1. The average molecular weight is 294 g/mol. The van der Waals surface area contributed by atoms with Gasteiger partial charge in [-0.25, -0.2) is 0 Å². The smallest absolute Gasteiger partial charge is 0.248 e. The number of aromatic nitrogens is 1. The lowest BCUT2D eigenvalue weighted by Crippen LogP contribution is -2.10. The van der Waals surface area contributed by atoms with Crippen LogP contribution in [0.1, 0.15) is 22.5 Å². The first-order valence-corrected chi connectivity index (χ1v) is 6.56. The number of aromatic amines is 1. The fourth-order valence-electron chi connectivity index (χ4n) is 2.40. The molecule has 2 aromatic rings. The quantitative estimate of drug-likeness (QED) is 0.875. The number of H-pyrrole nitrogens is 1. The molecule has 0 aliphatic heterocycles. The Bertz CT molecular complexity index is 750. The van der Waals surface area contributed by atoms with Crippen molar-refractivity contribution in [3.05, 3.63) is 55.9 Å². The van der Waals surface area contributed by atoms with Crippen LogP contribution in [0, 0.1) is 0 Å². The van der Waals surface area contributed by atoms with Gasteiger partial charge in [-0.3, -0.25) is 9.59 Å². The molecule has 1 aliphatic carbocycles. The van der Waals surface area contributed by atoms with Crippen molar-refractivity contribution in [3.8, 4) is 11.1 Å². The van der Waals surface area contributed by atoms with Gasteiger partial charge in [0, 0.05) is 44.9 Å². The maximum Gasteiger partial charge on any atom is 0.248 e. The highest BCUT2D eigenvalue weighted by atomic mass is 35.5. The lowest BCUT2D eigenvalue weighted by molar-refractivity contribution is 0.0995. The van der Waals surface area contributed by atoms with Crippen molar-refractivity contribution >= 4 is 29.0 Å². The van der Waals surface area contributed by atoms with E-state index in [1.807, 2.05) is 0 Å². The maximum absolute atomic E-state index is 12.0. The van der Waals surface area contributed by atoms with Gasteiger partial charge in [0.05, 0.1) is 0 Å². The zero-order valence-electron chi connectivity index (χ0n) is 9.80. The van der Waals surface area contributed by atoms with Crippen molar-refractivity contribution in [2.45, 2.75) is 12.8 Å². The molecule has 1 aromatic heterocycles. The molecule has 0 spiro atoms. The molecule has 96 valence electrons. The molecule has 0 radical (unpaired) electrons. The summed E-state index contributed by atoms with van der Waals surface area (Å²) < 4.78 is 0. The summed E-state index contributed by atoms with van der Waals surface area (Å²) >= 11 is 12.1. The molecule has 0 bridgehead atoms. The van der Waals surface area contributed by atoms with Gasteiger partial charge in [-0.15, -0.1) is 0 Å². The summed E-state index contributed by atoms with van der Waals surface area (Å²) in [6.45, 7) is 0. The Labute approximate surface area is 119 Å². The van der Waals surface area contributed by atoms with Crippen molar-refractivity contribution in [1.82, 2.24) is 4.98 Å². The van der Waals surface area contributed by atoms with Gasteiger partial charge in [0.15, 0.2) is 5.78 Å². The molecule has 0 saturated carbocycles. The third-order valence-electron chi connectivity index (χ3n) is 3.22. The number of aryl methyl sites for hydroxylation is 1. The van der Waals surface area contributed by atoms with E-state index in [9.17, 15) is 9.59 Å². The number of pyridine rings is 1. The van der Waals surface area contributed by atoms with Gasteiger partial charge in [-0.2, -0.15) is 0 Å². The number of carbonyl (C=O) groups excluding carboxylic acids is 1. The number of ketones is 1. The molecular formula is C14H9Cl2NO2. The SMILES string of the molecule is O=C1CCc2[nH]c(=O)cc(-c3cc(Cl)ccc3Cl)c21. The molecular weight excluding hydrogens is 285 g/mol. The first-order valence-electron chi connectivity index (χ1n) is 5.81. The predicted molar refractivity (Wildman–Crippen MR) is 75.2 cm³/mol. The van der Waals surface area contributed by atoms with Crippen LogP contribution in [0.4, 0.5) is 0 Å². The van der Waals surface area contributed by atoms with E-state index in [-0.39, 0.29) is 11.3 Å². The second-order valence-corrected chi connectivity index (χ2v) is 5.29. The van der Waals surface area contributed by atoms with E-state index in [4.69, 9.17) is 23.2 Å². The number of hydrogen-bond donors (Lipinski definition) is 1. The molecule has 1 heterocycles. The van der Waals surface area contributed by atoms with E-state index >= 15 is 0 Å². The van der Waals surface area contributed by atoms with Crippen molar-refractivity contribution < 1.29 is 4.79 Å². The standard InChI is InChI=1S/C14H9Cl2NO2/c15-7-1-2-10(16)8(5-7)9-6-13(19)17-11-3-4-12(18)14(9)11/h1-2,5-6H,3-4H2,(H,17,19). The van der Waals surface area contributed by atoms with Gasteiger partial charge in [-0.1, -0.05) is 23.2 Å². The Kier molecular flexibility index (Phi) is 2.96. The highest BCUT2D eigenvalue weighted by Crippen LogP contribution is 2.35. The van der Waals surface area contributed by atoms with Crippen LogP contribution >= 0.6 is 23.2 Å². The zero-order chi connectivity index (χ0) is 13.6. The van der Waals surface area contributed by atoms with E-state index < -0.39 is 0 Å². The summed E-state index contributed by atoms with van der Waals surface area (Å²) in [7, 11) is 0. The van der Waals surface area contributed by atoms with Crippen LogP contribution in [0.2, 0.25) is 10.0 Å². The Balaban J connectivity index is 2.35. The Morgan fingerprint density at radius 1 is 1.00 bits per heavy atom. The minimum absolute atomic E-state index is 0.0253. The number of Topliss-reactive ketones (excluding diaryl/α,β-unsaturated/α-hetero) is 1. The van der Waals surface area contributed by atoms with Crippen LogP contribution in [0.25, 0.3) is 11.1 Å². The lowest BCUT2D eigenvalue weighted by atomic mass is 9.99. The van der Waals surface area contributed by atoms with Crippen LogP contribution in [0.3, 0.4) is 0 Å². The molecule has 0 atom stereocenters. The van der Waals surface area contributed by atoms with Gasteiger partial charge in [0.2, 0.25) is 5.56 Å². The van der Waals surface area contributed by atoms with E-state index in [1.165, 1.54) is 6.07 Å². The normalized spacial score (nSPS) is 13.7. The van der Waals surface area contributed by atoms with Crippen molar-refractivity contribution in [1.29, 1.82) is 0 Å². The van der Waals surface area contributed by atoms with Gasteiger partial charge < -0.3 is 4.98 Å². The summed E-state index contributed by atoms with van der Waals surface area (Å²) in [4.78, 5) is 26.4. The summed E-state index contributed by atoms with van der Waals surface area (Å²) in [6, 6.07) is 6.40. The number of benzene rings is 1. The van der Waals surface area contributed by atoms with Gasteiger partial charge in [-0.05, 0) is 24.6 Å². The monoisotopic (exact) mass is 293 g/mol. The number of fused-ring (bicyclic) bond motifs is 1. The Morgan fingerprint density at radius 2 is 1.79 bits per heavy atom. The van der Waals surface area contributed by atoms with Gasteiger partial charge in [0.25, 0.3) is 0 Å². The number of carbonyl (C=O) groups is 1.